The minimum absolute atomic E-state index is 0.106. The summed E-state index contributed by atoms with van der Waals surface area (Å²) < 4.78 is 35.9. The first kappa shape index (κ1) is 14.2. The van der Waals surface area contributed by atoms with Gasteiger partial charge in [-0.25, -0.2) is 0 Å². The highest BCUT2D eigenvalue weighted by Gasteiger charge is 2.30. The van der Waals surface area contributed by atoms with E-state index in [0.29, 0.717) is 0 Å². The zero-order valence-electron chi connectivity index (χ0n) is 8.55. The maximum absolute atomic E-state index is 12.0. The van der Waals surface area contributed by atoms with E-state index in [4.69, 9.17) is 10.8 Å². The minimum atomic E-state index is -4.19. The molecule has 0 fully saturated rings. The fraction of sp³-hybridized carbons (Fsp3) is 0.889. The molecule has 0 aliphatic carbocycles. The number of aliphatic carboxylic acids is 1. The highest BCUT2D eigenvalue weighted by atomic mass is 19.4. The molecule has 0 saturated carbocycles. The van der Waals surface area contributed by atoms with Crippen molar-refractivity contribution in [3.63, 3.8) is 0 Å². The summed E-state index contributed by atoms with van der Waals surface area (Å²) in [5.41, 5.74) is 5.29. The molecule has 0 spiro atoms. The van der Waals surface area contributed by atoms with Gasteiger partial charge in [0.25, 0.3) is 0 Å². The molecule has 15 heavy (non-hydrogen) atoms. The van der Waals surface area contributed by atoms with E-state index in [9.17, 15) is 18.0 Å². The number of carboxylic acids is 1. The molecule has 0 amide bonds. The maximum Gasteiger partial charge on any atom is 0.389 e. The second-order valence-corrected chi connectivity index (χ2v) is 3.86. The molecule has 0 heterocycles. The lowest BCUT2D eigenvalue weighted by Gasteiger charge is -2.19. The lowest BCUT2D eigenvalue weighted by molar-refractivity contribution is -0.144. The number of alkyl halides is 3. The molecule has 3 nitrogen and oxygen atoms in total. The number of hydrogen-bond donors (Lipinski definition) is 2. The molecule has 0 aliphatic heterocycles. The SMILES string of the molecule is C[C@@H](C[C@H](CN)CC(=O)O)CC(F)(F)F. The Labute approximate surface area is 86.5 Å². The summed E-state index contributed by atoms with van der Waals surface area (Å²) in [5.74, 6) is -1.98. The largest absolute Gasteiger partial charge is 0.481 e. The monoisotopic (exact) mass is 227 g/mol. The van der Waals surface area contributed by atoms with Crippen LogP contribution in [-0.2, 0) is 4.79 Å². The Hall–Kier alpha value is -0.780. The predicted molar refractivity (Wildman–Crippen MR) is 49.3 cm³/mol. The van der Waals surface area contributed by atoms with Gasteiger partial charge in [0.15, 0.2) is 0 Å². The van der Waals surface area contributed by atoms with Crippen molar-refractivity contribution in [1.82, 2.24) is 0 Å². The van der Waals surface area contributed by atoms with Crippen LogP contribution in [0.15, 0.2) is 0 Å². The van der Waals surface area contributed by atoms with E-state index < -0.39 is 24.5 Å². The first-order valence-corrected chi connectivity index (χ1v) is 4.73. The zero-order valence-corrected chi connectivity index (χ0v) is 8.55. The van der Waals surface area contributed by atoms with E-state index in [-0.39, 0.29) is 25.3 Å². The summed E-state index contributed by atoms with van der Waals surface area (Å²) in [7, 11) is 0. The molecule has 0 aliphatic rings. The molecule has 0 radical (unpaired) electrons. The van der Waals surface area contributed by atoms with Gasteiger partial charge in [-0.05, 0) is 24.8 Å². The molecular weight excluding hydrogens is 211 g/mol. The molecule has 90 valence electrons. The van der Waals surface area contributed by atoms with Gasteiger partial charge in [0.1, 0.15) is 0 Å². The molecule has 0 unspecified atom stereocenters. The van der Waals surface area contributed by atoms with Crippen molar-refractivity contribution in [2.75, 3.05) is 6.54 Å². The molecule has 0 aromatic carbocycles. The summed E-state index contributed by atoms with van der Waals surface area (Å²) in [6.45, 7) is 1.56. The molecule has 0 rings (SSSR count). The van der Waals surface area contributed by atoms with Crippen LogP contribution < -0.4 is 5.73 Å². The van der Waals surface area contributed by atoms with Gasteiger partial charge in [-0.3, -0.25) is 4.79 Å². The smallest absolute Gasteiger partial charge is 0.389 e. The molecule has 2 atom stereocenters. The first-order valence-electron chi connectivity index (χ1n) is 4.73. The topological polar surface area (TPSA) is 63.3 Å². The van der Waals surface area contributed by atoms with Crippen molar-refractivity contribution in [2.45, 2.75) is 32.4 Å². The zero-order chi connectivity index (χ0) is 12.1. The Balaban J connectivity index is 4.01. The highest BCUT2D eigenvalue weighted by molar-refractivity contribution is 5.67. The molecule has 3 N–H and O–H groups in total. The Morgan fingerprint density at radius 3 is 2.33 bits per heavy atom. The van der Waals surface area contributed by atoms with Crippen LogP contribution in [0.1, 0.15) is 26.2 Å². The Bertz CT molecular complexity index is 206. The Kier molecular flexibility index (Phi) is 5.64. The fourth-order valence-corrected chi connectivity index (χ4v) is 1.56. The van der Waals surface area contributed by atoms with Crippen LogP contribution in [0.4, 0.5) is 13.2 Å². The average molecular weight is 227 g/mol. The number of rotatable bonds is 6. The summed E-state index contributed by atoms with van der Waals surface area (Å²) in [5, 5.41) is 8.48. The van der Waals surface area contributed by atoms with E-state index in [1.165, 1.54) is 6.92 Å². The minimum Gasteiger partial charge on any atom is -0.481 e. The van der Waals surface area contributed by atoms with E-state index in [1.807, 2.05) is 0 Å². The van der Waals surface area contributed by atoms with Crippen molar-refractivity contribution in [2.24, 2.45) is 17.6 Å². The van der Waals surface area contributed by atoms with Crippen molar-refractivity contribution in [3.8, 4) is 0 Å². The molecule has 0 aromatic heterocycles. The van der Waals surface area contributed by atoms with Gasteiger partial charge in [-0.15, -0.1) is 0 Å². The van der Waals surface area contributed by atoms with Crippen LogP contribution in [0.2, 0.25) is 0 Å². The second-order valence-electron chi connectivity index (χ2n) is 3.86. The van der Waals surface area contributed by atoms with Crippen LogP contribution in [0.5, 0.6) is 0 Å². The first-order chi connectivity index (χ1) is 6.74. The Morgan fingerprint density at radius 2 is 2.00 bits per heavy atom. The normalized spacial score (nSPS) is 16.1. The van der Waals surface area contributed by atoms with Crippen LogP contribution in [0.3, 0.4) is 0 Å². The summed E-state index contributed by atoms with van der Waals surface area (Å²) in [6, 6.07) is 0. The molecule has 0 saturated heterocycles. The summed E-state index contributed by atoms with van der Waals surface area (Å²) in [4.78, 5) is 10.4. The number of nitrogens with two attached hydrogens (primary N) is 1. The van der Waals surface area contributed by atoms with Gasteiger partial charge in [0.2, 0.25) is 0 Å². The van der Waals surface area contributed by atoms with Crippen LogP contribution >= 0.6 is 0 Å². The van der Waals surface area contributed by atoms with Crippen molar-refractivity contribution in [3.05, 3.63) is 0 Å². The van der Waals surface area contributed by atoms with E-state index in [2.05, 4.69) is 0 Å². The quantitative estimate of drug-likeness (QED) is 0.729. The second kappa shape index (κ2) is 5.95. The number of carboxylic acid groups (broad SMARTS) is 1. The standard InChI is InChI=1S/C9H16F3NO2/c1-6(4-9(10,11)12)2-7(5-13)3-8(14)15/h6-7H,2-5,13H2,1H3,(H,14,15)/t6-,7-/m0/s1. The lowest BCUT2D eigenvalue weighted by atomic mass is 9.91. The van der Waals surface area contributed by atoms with Crippen LogP contribution in [-0.4, -0.2) is 23.8 Å². The van der Waals surface area contributed by atoms with Crippen molar-refractivity contribution in [1.29, 1.82) is 0 Å². The summed E-state index contributed by atoms with van der Waals surface area (Å²) in [6.07, 6.45) is -5.05. The van der Waals surface area contributed by atoms with Crippen molar-refractivity contribution >= 4 is 5.97 Å². The van der Waals surface area contributed by atoms with Crippen LogP contribution in [0.25, 0.3) is 0 Å². The number of carbonyl (C=O) groups is 1. The molecular formula is C9H16F3NO2. The summed E-state index contributed by atoms with van der Waals surface area (Å²) >= 11 is 0. The third-order valence-corrected chi connectivity index (χ3v) is 2.11. The Morgan fingerprint density at radius 1 is 1.47 bits per heavy atom. The van der Waals surface area contributed by atoms with E-state index in [1.54, 1.807) is 0 Å². The predicted octanol–water partition coefficient (Wildman–Crippen LogP) is 2.01. The lowest BCUT2D eigenvalue weighted by Crippen LogP contribution is -2.22. The van der Waals surface area contributed by atoms with Crippen LogP contribution in [0, 0.1) is 11.8 Å². The molecule has 0 aromatic rings. The van der Waals surface area contributed by atoms with E-state index in [0.717, 1.165) is 0 Å². The van der Waals surface area contributed by atoms with Gasteiger partial charge in [-0.1, -0.05) is 6.92 Å². The van der Waals surface area contributed by atoms with Crippen molar-refractivity contribution < 1.29 is 23.1 Å². The number of hydrogen-bond acceptors (Lipinski definition) is 2. The highest BCUT2D eigenvalue weighted by Crippen LogP contribution is 2.28. The van der Waals surface area contributed by atoms with E-state index >= 15 is 0 Å². The van der Waals surface area contributed by atoms with Gasteiger partial charge in [0.05, 0.1) is 0 Å². The van der Waals surface area contributed by atoms with Gasteiger partial charge < -0.3 is 10.8 Å². The average Bonchev–Trinajstić information content (AvgIpc) is 1.98. The number of halogens is 3. The third kappa shape index (κ3) is 8.23. The van der Waals surface area contributed by atoms with Gasteiger partial charge in [0, 0.05) is 12.8 Å². The molecule has 6 heteroatoms. The maximum atomic E-state index is 12.0. The molecule has 0 bridgehead atoms. The van der Waals surface area contributed by atoms with Gasteiger partial charge in [-0.2, -0.15) is 13.2 Å². The fourth-order valence-electron chi connectivity index (χ4n) is 1.56. The third-order valence-electron chi connectivity index (χ3n) is 2.11. The van der Waals surface area contributed by atoms with Gasteiger partial charge >= 0.3 is 12.1 Å².